The first-order valence-corrected chi connectivity index (χ1v) is 5.55. The van der Waals surface area contributed by atoms with Crippen molar-refractivity contribution in [2.24, 2.45) is 0 Å². The van der Waals surface area contributed by atoms with Crippen molar-refractivity contribution in [1.82, 2.24) is 10.2 Å². The van der Waals surface area contributed by atoms with Gasteiger partial charge in [0.25, 0.3) is 0 Å². The van der Waals surface area contributed by atoms with Gasteiger partial charge < -0.3 is 10.2 Å². The van der Waals surface area contributed by atoms with Crippen LogP contribution in [0.5, 0.6) is 0 Å². The van der Waals surface area contributed by atoms with Crippen molar-refractivity contribution in [3.8, 4) is 0 Å². The molecule has 1 N–H and O–H groups in total. The molecule has 0 aromatic rings. The highest BCUT2D eigenvalue weighted by Gasteiger charge is 1.98. The molecule has 0 aromatic heterocycles. The lowest BCUT2D eigenvalue weighted by atomic mass is 10.2. The summed E-state index contributed by atoms with van der Waals surface area (Å²) in [5, 5.41) is 3.54. The van der Waals surface area contributed by atoms with Crippen molar-refractivity contribution in [1.29, 1.82) is 0 Å². The lowest BCUT2D eigenvalue weighted by molar-refractivity contribution is 0.387. The third kappa shape index (κ3) is 9.84. The highest BCUT2D eigenvalue weighted by Crippen LogP contribution is 1.95. The molecule has 13 heavy (non-hydrogen) atoms. The van der Waals surface area contributed by atoms with Crippen LogP contribution in [0, 0.1) is 0 Å². The summed E-state index contributed by atoms with van der Waals surface area (Å²) in [5.41, 5.74) is 0. The minimum Gasteiger partial charge on any atom is -0.314 e. The molecule has 0 saturated carbocycles. The lowest BCUT2D eigenvalue weighted by Crippen LogP contribution is -2.27. The molecule has 1 unspecified atom stereocenters. The molecule has 2 heteroatoms. The quantitative estimate of drug-likeness (QED) is 0.584. The molecule has 2 nitrogen and oxygen atoms in total. The van der Waals surface area contributed by atoms with Gasteiger partial charge in [-0.3, -0.25) is 0 Å². The molecule has 1 atom stereocenters. The number of unbranched alkanes of at least 4 members (excludes halogenated alkanes) is 1. The summed E-state index contributed by atoms with van der Waals surface area (Å²) in [4.78, 5) is 2.25. The maximum Gasteiger partial charge on any atom is 0.00386 e. The van der Waals surface area contributed by atoms with E-state index < -0.39 is 0 Å². The largest absolute Gasteiger partial charge is 0.314 e. The molecule has 0 aliphatic rings. The molecule has 0 amide bonds. The molecule has 0 fully saturated rings. The fourth-order valence-corrected chi connectivity index (χ4v) is 1.44. The second-order valence-electron chi connectivity index (χ2n) is 4.15. The summed E-state index contributed by atoms with van der Waals surface area (Å²) in [5.74, 6) is 0. The molecular formula is C11H26N2. The van der Waals surface area contributed by atoms with Crippen LogP contribution in [0.2, 0.25) is 0 Å². The standard InChI is InChI=1S/C11H26N2/c1-5-8-11(2)12-9-6-7-10-13(3)4/h11-12H,5-10H2,1-4H3. The van der Waals surface area contributed by atoms with E-state index in [1.165, 1.54) is 38.8 Å². The first-order valence-electron chi connectivity index (χ1n) is 5.55. The number of nitrogens with zero attached hydrogens (tertiary/aromatic N) is 1. The monoisotopic (exact) mass is 186 g/mol. The molecule has 0 rings (SSSR count). The van der Waals surface area contributed by atoms with Crippen LogP contribution in [0.1, 0.15) is 39.5 Å². The fraction of sp³-hybridized carbons (Fsp3) is 1.00. The first-order chi connectivity index (χ1) is 6.16. The maximum absolute atomic E-state index is 3.54. The Balaban J connectivity index is 3.06. The molecule has 0 aliphatic carbocycles. The third-order valence-electron chi connectivity index (χ3n) is 2.25. The van der Waals surface area contributed by atoms with Crippen LogP contribution in [-0.2, 0) is 0 Å². The van der Waals surface area contributed by atoms with Gasteiger partial charge in [0.1, 0.15) is 0 Å². The van der Waals surface area contributed by atoms with Crippen molar-refractivity contribution < 1.29 is 0 Å². The zero-order valence-electron chi connectivity index (χ0n) is 9.77. The lowest BCUT2D eigenvalue weighted by Gasteiger charge is -2.13. The Morgan fingerprint density at radius 2 is 1.92 bits per heavy atom. The SMILES string of the molecule is CCCC(C)NCCCCN(C)C. The Morgan fingerprint density at radius 1 is 1.23 bits per heavy atom. The van der Waals surface area contributed by atoms with Gasteiger partial charge in [-0.15, -0.1) is 0 Å². The van der Waals surface area contributed by atoms with Crippen LogP contribution in [-0.4, -0.2) is 38.1 Å². The number of nitrogens with one attached hydrogen (secondary N) is 1. The Hall–Kier alpha value is -0.0800. The summed E-state index contributed by atoms with van der Waals surface area (Å²) in [6.07, 6.45) is 5.19. The first kappa shape index (κ1) is 12.9. The van der Waals surface area contributed by atoms with Gasteiger partial charge >= 0.3 is 0 Å². The van der Waals surface area contributed by atoms with E-state index in [0.717, 1.165) is 0 Å². The Kier molecular flexibility index (Phi) is 8.46. The van der Waals surface area contributed by atoms with Crippen LogP contribution in [0.4, 0.5) is 0 Å². The summed E-state index contributed by atoms with van der Waals surface area (Å²) in [7, 11) is 4.26. The maximum atomic E-state index is 3.54. The number of rotatable bonds is 8. The molecule has 80 valence electrons. The highest BCUT2D eigenvalue weighted by molar-refractivity contribution is 4.59. The van der Waals surface area contributed by atoms with E-state index in [0.29, 0.717) is 6.04 Å². The Labute approximate surface area is 83.7 Å². The van der Waals surface area contributed by atoms with Crippen LogP contribution >= 0.6 is 0 Å². The normalized spacial score (nSPS) is 13.6. The topological polar surface area (TPSA) is 15.3 Å². The van der Waals surface area contributed by atoms with E-state index in [9.17, 15) is 0 Å². The van der Waals surface area contributed by atoms with Gasteiger partial charge in [-0.2, -0.15) is 0 Å². The van der Waals surface area contributed by atoms with E-state index in [2.05, 4.69) is 38.2 Å². The van der Waals surface area contributed by atoms with Crippen molar-refractivity contribution in [3.05, 3.63) is 0 Å². The third-order valence-corrected chi connectivity index (χ3v) is 2.25. The molecule has 0 aromatic carbocycles. The molecule has 0 heterocycles. The van der Waals surface area contributed by atoms with E-state index in [-0.39, 0.29) is 0 Å². The van der Waals surface area contributed by atoms with Crippen molar-refractivity contribution in [2.45, 2.75) is 45.6 Å². The van der Waals surface area contributed by atoms with E-state index in [4.69, 9.17) is 0 Å². The summed E-state index contributed by atoms with van der Waals surface area (Å²) in [6.45, 7) is 6.90. The second-order valence-corrected chi connectivity index (χ2v) is 4.15. The van der Waals surface area contributed by atoms with Gasteiger partial charge in [0.15, 0.2) is 0 Å². The van der Waals surface area contributed by atoms with E-state index in [1.807, 2.05) is 0 Å². The minimum atomic E-state index is 0.698. The van der Waals surface area contributed by atoms with Crippen molar-refractivity contribution in [3.63, 3.8) is 0 Å². The fourth-order valence-electron chi connectivity index (χ4n) is 1.44. The van der Waals surface area contributed by atoms with Crippen LogP contribution in [0.25, 0.3) is 0 Å². The average molecular weight is 186 g/mol. The number of hydrogen-bond acceptors (Lipinski definition) is 2. The van der Waals surface area contributed by atoms with Crippen LogP contribution in [0.15, 0.2) is 0 Å². The van der Waals surface area contributed by atoms with E-state index >= 15 is 0 Å². The predicted octanol–water partition coefficient (Wildman–Crippen LogP) is 2.11. The van der Waals surface area contributed by atoms with E-state index in [1.54, 1.807) is 0 Å². The molecule has 0 spiro atoms. The van der Waals surface area contributed by atoms with Gasteiger partial charge in [-0.1, -0.05) is 13.3 Å². The summed E-state index contributed by atoms with van der Waals surface area (Å²) < 4.78 is 0. The predicted molar refractivity (Wildman–Crippen MR) is 60.2 cm³/mol. The zero-order chi connectivity index (χ0) is 10.1. The highest BCUT2D eigenvalue weighted by atomic mass is 15.0. The minimum absolute atomic E-state index is 0.698. The molecule has 0 bridgehead atoms. The van der Waals surface area contributed by atoms with Gasteiger partial charge in [-0.05, 0) is 53.4 Å². The van der Waals surface area contributed by atoms with Crippen molar-refractivity contribution in [2.75, 3.05) is 27.2 Å². The Morgan fingerprint density at radius 3 is 2.46 bits per heavy atom. The Bertz CT molecular complexity index is 102. The molecule has 0 aliphatic heterocycles. The van der Waals surface area contributed by atoms with Crippen LogP contribution < -0.4 is 5.32 Å². The number of hydrogen-bond donors (Lipinski definition) is 1. The zero-order valence-corrected chi connectivity index (χ0v) is 9.77. The molecule has 0 radical (unpaired) electrons. The van der Waals surface area contributed by atoms with Gasteiger partial charge in [0.2, 0.25) is 0 Å². The molecular weight excluding hydrogens is 160 g/mol. The summed E-state index contributed by atoms with van der Waals surface area (Å²) in [6, 6.07) is 0.698. The van der Waals surface area contributed by atoms with Gasteiger partial charge in [0.05, 0.1) is 0 Å². The van der Waals surface area contributed by atoms with Crippen molar-refractivity contribution >= 4 is 0 Å². The summed E-state index contributed by atoms with van der Waals surface area (Å²) >= 11 is 0. The smallest absolute Gasteiger partial charge is 0.00386 e. The van der Waals surface area contributed by atoms with Gasteiger partial charge in [-0.25, -0.2) is 0 Å². The van der Waals surface area contributed by atoms with Gasteiger partial charge in [0, 0.05) is 6.04 Å². The molecule has 0 saturated heterocycles. The average Bonchev–Trinajstić information content (AvgIpc) is 2.03. The second kappa shape index (κ2) is 8.52. The van der Waals surface area contributed by atoms with Crippen LogP contribution in [0.3, 0.4) is 0 Å².